The zero-order chi connectivity index (χ0) is 30.4. The average molecular weight is 570 g/mol. The number of benzene rings is 2. The minimum absolute atomic E-state index is 0.270. The van der Waals surface area contributed by atoms with Crippen LogP contribution in [0.5, 0.6) is 5.75 Å². The minimum Gasteiger partial charge on any atom is -0.497 e. The van der Waals surface area contributed by atoms with Gasteiger partial charge in [-0.15, -0.1) is 0 Å². The van der Waals surface area contributed by atoms with E-state index in [9.17, 15) is 19.5 Å². The zero-order valence-electron chi connectivity index (χ0n) is 25.4. The largest absolute Gasteiger partial charge is 0.497 e. The lowest BCUT2D eigenvalue weighted by Gasteiger charge is -2.34. The zero-order valence-corrected chi connectivity index (χ0v) is 25.4. The molecule has 2 atom stereocenters. The van der Waals surface area contributed by atoms with Crippen molar-refractivity contribution in [2.75, 3.05) is 25.6 Å². The fraction of sp³-hybridized carbons (Fsp3) is 0.531. The van der Waals surface area contributed by atoms with Crippen LogP contribution in [0.3, 0.4) is 0 Å². The highest BCUT2D eigenvalue weighted by atomic mass is 16.6. The summed E-state index contributed by atoms with van der Waals surface area (Å²) >= 11 is 0. The van der Waals surface area contributed by atoms with Crippen LogP contribution in [0.1, 0.15) is 83.4 Å². The molecule has 0 spiro atoms. The number of nitrogens with zero attached hydrogens (tertiary/aromatic N) is 1. The Labute approximate surface area is 244 Å². The lowest BCUT2D eigenvalue weighted by molar-refractivity contribution is -0.141. The third-order valence-corrected chi connectivity index (χ3v) is 6.48. The van der Waals surface area contributed by atoms with E-state index in [1.807, 2.05) is 31.2 Å². The molecule has 0 aliphatic rings. The van der Waals surface area contributed by atoms with Crippen LogP contribution in [0.25, 0.3) is 0 Å². The molecule has 2 unspecified atom stereocenters. The molecular weight excluding hydrogens is 522 g/mol. The summed E-state index contributed by atoms with van der Waals surface area (Å²) in [5.74, 6) is -0.325. The highest BCUT2D eigenvalue weighted by Crippen LogP contribution is 2.27. The first-order chi connectivity index (χ1) is 19.5. The van der Waals surface area contributed by atoms with Crippen LogP contribution in [-0.2, 0) is 14.3 Å². The number of methoxy groups -OCH3 is 1. The quantitative estimate of drug-likeness (QED) is 0.235. The Kier molecular flexibility index (Phi) is 13.6. The van der Waals surface area contributed by atoms with Gasteiger partial charge in [-0.1, -0.05) is 68.9 Å². The molecule has 2 rings (SSSR count). The molecule has 0 radical (unpaired) electrons. The third kappa shape index (κ3) is 11.4. The average Bonchev–Trinajstić information content (AvgIpc) is 2.92. The smallest absolute Gasteiger partial charge is 0.408 e. The van der Waals surface area contributed by atoms with Crippen molar-refractivity contribution in [1.82, 2.24) is 10.2 Å². The van der Waals surface area contributed by atoms with E-state index in [1.54, 1.807) is 52.1 Å². The number of aliphatic hydroxyl groups is 1. The molecule has 3 N–H and O–H groups in total. The summed E-state index contributed by atoms with van der Waals surface area (Å²) in [5.41, 5.74) is 1.32. The van der Waals surface area contributed by atoms with Crippen molar-refractivity contribution in [1.29, 1.82) is 0 Å². The number of anilines is 1. The van der Waals surface area contributed by atoms with E-state index < -0.39 is 42.2 Å². The maximum Gasteiger partial charge on any atom is 0.408 e. The topological polar surface area (TPSA) is 117 Å². The van der Waals surface area contributed by atoms with E-state index in [-0.39, 0.29) is 6.54 Å². The van der Waals surface area contributed by atoms with Gasteiger partial charge < -0.3 is 30.1 Å². The second kappa shape index (κ2) is 16.6. The summed E-state index contributed by atoms with van der Waals surface area (Å²) in [6.07, 6.45) is 5.11. The molecule has 41 heavy (non-hydrogen) atoms. The Hall–Kier alpha value is -3.59. The van der Waals surface area contributed by atoms with Crippen LogP contribution in [0.4, 0.5) is 10.5 Å². The van der Waals surface area contributed by atoms with Crippen LogP contribution in [0.2, 0.25) is 0 Å². The summed E-state index contributed by atoms with van der Waals surface area (Å²) < 4.78 is 10.5. The second-order valence-corrected chi connectivity index (χ2v) is 11.2. The van der Waals surface area contributed by atoms with Gasteiger partial charge in [0, 0.05) is 12.2 Å². The molecule has 2 aromatic carbocycles. The number of rotatable bonds is 15. The first-order valence-corrected chi connectivity index (χ1v) is 14.4. The maximum atomic E-state index is 14.0. The van der Waals surface area contributed by atoms with Crippen LogP contribution in [0.15, 0.2) is 48.5 Å². The molecule has 0 aromatic heterocycles. The van der Waals surface area contributed by atoms with Crippen LogP contribution >= 0.6 is 0 Å². The standard InChI is InChI=1S/C32H47N3O6/c1-7-8-9-10-11-12-20-35(30(38)27(22-36)34-31(39)41-32(3,4)5)28(24-15-13-14-23(2)21-24)29(37)33-25-16-18-26(40-6)19-17-25/h13-19,21,27-28,36H,7-12,20,22H2,1-6H3,(H,33,37)(H,34,39). The van der Waals surface area contributed by atoms with Gasteiger partial charge in [-0.05, 0) is 63.9 Å². The number of alkyl carbamates (subject to hydrolysis) is 1. The summed E-state index contributed by atoms with van der Waals surface area (Å²) in [7, 11) is 1.57. The van der Waals surface area contributed by atoms with Crippen molar-refractivity contribution in [2.45, 2.75) is 90.8 Å². The van der Waals surface area contributed by atoms with Crippen molar-refractivity contribution in [3.8, 4) is 5.75 Å². The van der Waals surface area contributed by atoms with E-state index in [4.69, 9.17) is 9.47 Å². The Morgan fingerprint density at radius 1 is 0.976 bits per heavy atom. The number of amides is 3. The molecule has 9 nitrogen and oxygen atoms in total. The van der Waals surface area contributed by atoms with Crippen LogP contribution in [0, 0.1) is 6.92 Å². The van der Waals surface area contributed by atoms with Gasteiger partial charge in [0.1, 0.15) is 23.4 Å². The Bertz CT molecular complexity index is 1110. The monoisotopic (exact) mass is 569 g/mol. The molecule has 226 valence electrons. The Balaban J connectivity index is 2.43. The Morgan fingerprint density at radius 3 is 2.22 bits per heavy atom. The Morgan fingerprint density at radius 2 is 1.63 bits per heavy atom. The molecular formula is C32H47N3O6. The molecule has 0 bridgehead atoms. The van der Waals surface area contributed by atoms with Crippen molar-refractivity contribution >= 4 is 23.6 Å². The molecule has 0 saturated carbocycles. The predicted molar refractivity (Wildman–Crippen MR) is 161 cm³/mol. The molecule has 0 saturated heterocycles. The van der Waals surface area contributed by atoms with Crippen molar-refractivity contribution in [2.24, 2.45) is 0 Å². The van der Waals surface area contributed by atoms with Gasteiger partial charge in [0.2, 0.25) is 5.91 Å². The lowest BCUT2D eigenvalue weighted by atomic mass is 10.00. The molecule has 2 aromatic rings. The van der Waals surface area contributed by atoms with Gasteiger partial charge in [0.15, 0.2) is 0 Å². The SMILES string of the molecule is CCCCCCCCN(C(=O)C(CO)NC(=O)OC(C)(C)C)C(C(=O)Nc1ccc(OC)cc1)c1cccc(C)c1. The molecule has 0 aliphatic carbocycles. The maximum absolute atomic E-state index is 14.0. The summed E-state index contributed by atoms with van der Waals surface area (Å²) in [5, 5.41) is 15.6. The number of carbonyl (C=O) groups is 3. The van der Waals surface area contributed by atoms with Gasteiger partial charge >= 0.3 is 6.09 Å². The van der Waals surface area contributed by atoms with Crippen molar-refractivity contribution < 1.29 is 29.0 Å². The van der Waals surface area contributed by atoms with Gasteiger partial charge in [0.25, 0.3) is 5.91 Å². The van der Waals surface area contributed by atoms with E-state index in [0.29, 0.717) is 23.4 Å². The lowest BCUT2D eigenvalue weighted by Crippen LogP contribution is -2.54. The van der Waals surface area contributed by atoms with Gasteiger partial charge in [-0.2, -0.15) is 0 Å². The number of hydrogen-bond acceptors (Lipinski definition) is 6. The fourth-order valence-electron chi connectivity index (χ4n) is 4.46. The third-order valence-electron chi connectivity index (χ3n) is 6.48. The molecule has 9 heteroatoms. The molecule has 0 aliphatic heterocycles. The normalized spacial score (nSPS) is 12.7. The number of unbranched alkanes of at least 4 members (excludes halogenated alkanes) is 5. The minimum atomic E-state index is -1.29. The van der Waals surface area contributed by atoms with Crippen molar-refractivity contribution in [3.05, 3.63) is 59.7 Å². The first kappa shape index (κ1) is 33.6. The molecule has 3 amide bonds. The number of ether oxygens (including phenoxy) is 2. The second-order valence-electron chi connectivity index (χ2n) is 11.2. The highest BCUT2D eigenvalue weighted by molar-refractivity contribution is 5.99. The van der Waals surface area contributed by atoms with E-state index in [0.717, 1.165) is 37.7 Å². The molecule has 0 heterocycles. The number of hydrogen-bond donors (Lipinski definition) is 3. The van der Waals surface area contributed by atoms with E-state index in [1.165, 1.54) is 4.90 Å². The van der Waals surface area contributed by atoms with Gasteiger partial charge in [0.05, 0.1) is 13.7 Å². The fourth-order valence-corrected chi connectivity index (χ4v) is 4.46. The van der Waals surface area contributed by atoms with Crippen LogP contribution in [-0.4, -0.2) is 59.8 Å². The number of carbonyl (C=O) groups excluding carboxylic acids is 3. The van der Waals surface area contributed by atoms with Crippen LogP contribution < -0.4 is 15.4 Å². The van der Waals surface area contributed by atoms with Crippen molar-refractivity contribution in [3.63, 3.8) is 0 Å². The van der Waals surface area contributed by atoms with Gasteiger partial charge in [-0.25, -0.2) is 4.79 Å². The highest BCUT2D eigenvalue weighted by Gasteiger charge is 2.36. The van der Waals surface area contributed by atoms with E-state index in [2.05, 4.69) is 17.6 Å². The predicted octanol–water partition coefficient (Wildman–Crippen LogP) is 5.76. The number of nitrogens with one attached hydrogen (secondary N) is 2. The summed E-state index contributed by atoms with van der Waals surface area (Å²) in [6, 6.07) is 12.1. The summed E-state index contributed by atoms with van der Waals surface area (Å²) in [6.45, 7) is 8.83. The molecule has 0 fully saturated rings. The summed E-state index contributed by atoms with van der Waals surface area (Å²) in [4.78, 5) is 41.9. The number of aryl methyl sites for hydroxylation is 1. The van der Waals surface area contributed by atoms with E-state index >= 15 is 0 Å². The number of aliphatic hydroxyl groups excluding tert-OH is 1. The van der Waals surface area contributed by atoms with Gasteiger partial charge in [-0.3, -0.25) is 9.59 Å². The first-order valence-electron chi connectivity index (χ1n) is 14.4.